The fourth-order valence-electron chi connectivity index (χ4n) is 1.81. The summed E-state index contributed by atoms with van der Waals surface area (Å²) in [6, 6.07) is 4.24. The van der Waals surface area contributed by atoms with Gasteiger partial charge in [0, 0.05) is 18.1 Å². The molecule has 1 aromatic rings. The predicted octanol–water partition coefficient (Wildman–Crippen LogP) is 2.77. The van der Waals surface area contributed by atoms with Crippen LogP contribution in [-0.2, 0) is 16.0 Å². The molecule has 0 spiro atoms. The van der Waals surface area contributed by atoms with Crippen LogP contribution >= 0.6 is 11.6 Å². The summed E-state index contributed by atoms with van der Waals surface area (Å²) in [6.45, 7) is 0.619. The number of ketones is 1. The maximum atomic E-state index is 13.4. The Labute approximate surface area is 98.4 Å². The van der Waals surface area contributed by atoms with E-state index in [1.807, 2.05) is 0 Å². The molecule has 0 saturated carbocycles. The molecule has 0 bridgehead atoms. The van der Waals surface area contributed by atoms with E-state index in [0.717, 1.165) is 12.8 Å². The van der Waals surface area contributed by atoms with Crippen molar-refractivity contribution >= 4 is 17.4 Å². The average molecular weight is 243 g/mol. The molecule has 0 aliphatic carbocycles. The molecule has 1 fully saturated rings. The molecule has 2 nitrogen and oxygen atoms in total. The molecule has 86 valence electrons. The lowest BCUT2D eigenvalue weighted by atomic mass is 10.0. The second kappa shape index (κ2) is 4.93. The van der Waals surface area contributed by atoms with Gasteiger partial charge in [-0.05, 0) is 36.6 Å². The molecule has 0 radical (unpaired) electrons. The molecule has 4 heteroatoms. The van der Waals surface area contributed by atoms with E-state index in [1.54, 1.807) is 0 Å². The first-order chi connectivity index (χ1) is 7.66. The van der Waals surface area contributed by atoms with Crippen LogP contribution in [0.1, 0.15) is 18.4 Å². The molecule has 1 atom stereocenters. The van der Waals surface area contributed by atoms with Gasteiger partial charge in [-0.25, -0.2) is 4.39 Å². The summed E-state index contributed by atoms with van der Waals surface area (Å²) in [7, 11) is 0. The molecule has 0 N–H and O–H groups in total. The van der Waals surface area contributed by atoms with Gasteiger partial charge in [-0.3, -0.25) is 4.79 Å². The molecule has 1 aliphatic heterocycles. The van der Waals surface area contributed by atoms with Crippen molar-refractivity contribution in [1.29, 1.82) is 0 Å². The minimum absolute atomic E-state index is 0.0526. The second-order valence-corrected chi connectivity index (χ2v) is 4.32. The van der Waals surface area contributed by atoms with Gasteiger partial charge < -0.3 is 4.74 Å². The molecule has 0 aromatic heterocycles. The lowest BCUT2D eigenvalue weighted by Gasteiger charge is -2.08. The van der Waals surface area contributed by atoms with Crippen molar-refractivity contribution in [3.05, 3.63) is 34.6 Å². The Kier molecular flexibility index (Phi) is 3.56. The predicted molar refractivity (Wildman–Crippen MR) is 59.1 cm³/mol. The zero-order valence-corrected chi connectivity index (χ0v) is 9.47. The number of ether oxygens (including phenoxy) is 1. The van der Waals surface area contributed by atoms with E-state index in [9.17, 15) is 9.18 Å². The van der Waals surface area contributed by atoms with Gasteiger partial charge in [0.15, 0.2) is 5.78 Å². The highest BCUT2D eigenvalue weighted by atomic mass is 35.5. The molecule has 16 heavy (non-hydrogen) atoms. The number of rotatable bonds is 3. The van der Waals surface area contributed by atoms with Crippen molar-refractivity contribution < 1.29 is 13.9 Å². The van der Waals surface area contributed by atoms with Crippen molar-refractivity contribution in [1.82, 2.24) is 0 Å². The zero-order chi connectivity index (χ0) is 11.5. The van der Waals surface area contributed by atoms with Crippen molar-refractivity contribution in [3.63, 3.8) is 0 Å². The van der Waals surface area contributed by atoms with Crippen molar-refractivity contribution in [2.24, 2.45) is 0 Å². The van der Waals surface area contributed by atoms with E-state index in [2.05, 4.69) is 0 Å². The van der Waals surface area contributed by atoms with Crippen molar-refractivity contribution in [2.75, 3.05) is 6.61 Å². The molecule has 2 rings (SSSR count). The third kappa shape index (κ3) is 2.60. The van der Waals surface area contributed by atoms with Crippen molar-refractivity contribution in [3.8, 4) is 0 Å². The minimum Gasteiger partial charge on any atom is -0.370 e. The highest BCUT2D eigenvalue weighted by Crippen LogP contribution is 2.19. The monoisotopic (exact) mass is 242 g/mol. The Morgan fingerprint density at radius 3 is 3.06 bits per heavy atom. The van der Waals surface area contributed by atoms with Crippen LogP contribution in [0.3, 0.4) is 0 Å². The molecule has 1 unspecified atom stereocenters. The average Bonchev–Trinajstić information content (AvgIpc) is 2.76. The number of benzene rings is 1. The summed E-state index contributed by atoms with van der Waals surface area (Å²) < 4.78 is 18.6. The molecule has 1 aromatic carbocycles. The van der Waals surface area contributed by atoms with Gasteiger partial charge in [0.25, 0.3) is 0 Å². The lowest BCUT2D eigenvalue weighted by Crippen LogP contribution is -2.21. The maximum Gasteiger partial charge on any atom is 0.166 e. The molecule has 1 heterocycles. The number of carbonyl (C=O) groups is 1. The van der Waals surface area contributed by atoms with Crippen LogP contribution in [0.15, 0.2) is 18.2 Å². The highest BCUT2D eigenvalue weighted by molar-refractivity contribution is 6.30. The van der Waals surface area contributed by atoms with Crippen LogP contribution in [0.4, 0.5) is 4.39 Å². The van der Waals surface area contributed by atoms with E-state index >= 15 is 0 Å². The largest absolute Gasteiger partial charge is 0.370 e. The third-order valence-corrected chi connectivity index (χ3v) is 2.90. The molecular weight excluding hydrogens is 231 g/mol. The van der Waals surface area contributed by atoms with Gasteiger partial charge in [-0.2, -0.15) is 0 Å². The summed E-state index contributed by atoms with van der Waals surface area (Å²) in [5, 5.41) is 0.441. The van der Waals surface area contributed by atoms with Crippen LogP contribution in [0, 0.1) is 5.82 Å². The normalized spacial score (nSPS) is 20.0. The first-order valence-corrected chi connectivity index (χ1v) is 5.63. The Morgan fingerprint density at radius 1 is 1.56 bits per heavy atom. The van der Waals surface area contributed by atoms with Crippen molar-refractivity contribution in [2.45, 2.75) is 25.4 Å². The van der Waals surface area contributed by atoms with Gasteiger partial charge in [0.1, 0.15) is 11.9 Å². The van der Waals surface area contributed by atoms with Gasteiger partial charge in [0.05, 0.1) is 0 Å². The summed E-state index contributed by atoms with van der Waals surface area (Å²) in [5.41, 5.74) is 0.341. The molecule has 0 amide bonds. The fourth-order valence-corrected chi connectivity index (χ4v) is 2.01. The number of carbonyl (C=O) groups excluding carboxylic acids is 1. The van der Waals surface area contributed by atoms with E-state index in [0.29, 0.717) is 17.2 Å². The van der Waals surface area contributed by atoms with Crippen LogP contribution in [0.2, 0.25) is 5.02 Å². The summed E-state index contributed by atoms with van der Waals surface area (Å²) in [6.07, 6.45) is 1.32. The number of hydrogen-bond donors (Lipinski definition) is 0. The summed E-state index contributed by atoms with van der Waals surface area (Å²) in [5.74, 6) is -0.464. The van der Waals surface area contributed by atoms with Gasteiger partial charge in [-0.1, -0.05) is 11.6 Å². The van der Waals surface area contributed by atoms with Crippen LogP contribution in [-0.4, -0.2) is 18.5 Å². The summed E-state index contributed by atoms with van der Waals surface area (Å²) in [4.78, 5) is 11.7. The first-order valence-electron chi connectivity index (χ1n) is 5.25. The smallest absolute Gasteiger partial charge is 0.166 e. The maximum absolute atomic E-state index is 13.4. The molecular formula is C12H12ClFO2. The number of Topliss-reactive ketones (excluding diaryl/α,β-unsaturated/α-hetero) is 1. The van der Waals surface area contributed by atoms with Crippen LogP contribution in [0.5, 0.6) is 0 Å². The first kappa shape index (κ1) is 11.6. The molecule has 1 saturated heterocycles. The topological polar surface area (TPSA) is 26.3 Å². The highest BCUT2D eigenvalue weighted by Gasteiger charge is 2.24. The second-order valence-electron chi connectivity index (χ2n) is 3.88. The van der Waals surface area contributed by atoms with Gasteiger partial charge in [0.2, 0.25) is 0 Å². The van der Waals surface area contributed by atoms with E-state index in [-0.39, 0.29) is 18.3 Å². The Balaban J connectivity index is 2.07. The number of hydrogen-bond acceptors (Lipinski definition) is 2. The SMILES string of the molecule is O=C(Cc1cc(Cl)ccc1F)C1CCCO1. The quantitative estimate of drug-likeness (QED) is 0.815. The van der Waals surface area contributed by atoms with Crippen LogP contribution in [0.25, 0.3) is 0 Å². The Bertz CT molecular complexity index is 400. The number of halogens is 2. The Hall–Kier alpha value is -0.930. The standard InChI is InChI=1S/C12H12ClFO2/c13-9-3-4-10(14)8(6-9)7-11(15)12-2-1-5-16-12/h3-4,6,12H,1-2,5,7H2. The van der Waals surface area contributed by atoms with Gasteiger partial charge in [-0.15, -0.1) is 0 Å². The van der Waals surface area contributed by atoms with E-state index in [4.69, 9.17) is 16.3 Å². The third-order valence-electron chi connectivity index (χ3n) is 2.66. The Morgan fingerprint density at radius 2 is 2.38 bits per heavy atom. The minimum atomic E-state index is -0.393. The van der Waals surface area contributed by atoms with E-state index < -0.39 is 5.82 Å². The van der Waals surface area contributed by atoms with Crippen LogP contribution < -0.4 is 0 Å². The fraction of sp³-hybridized carbons (Fsp3) is 0.417. The molecule has 1 aliphatic rings. The van der Waals surface area contributed by atoms with E-state index in [1.165, 1.54) is 18.2 Å². The summed E-state index contributed by atoms with van der Waals surface area (Å²) >= 11 is 5.75. The van der Waals surface area contributed by atoms with Gasteiger partial charge >= 0.3 is 0 Å². The lowest BCUT2D eigenvalue weighted by molar-refractivity contribution is -0.127. The zero-order valence-electron chi connectivity index (χ0n) is 8.71.